The van der Waals surface area contributed by atoms with Crippen LogP contribution in [0.2, 0.25) is 0 Å². The summed E-state index contributed by atoms with van der Waals surface area (Å²) in [4.78, 5) is 18.5. The summed E-state index contributed by atoms with van der Waals surface area (Å²) in [5.74, 6) is 0.210. The van der Waals surface area contributed by atoms with Gasteiger partial charge in [-0.1, -0.05) is 44.2 Å². The Balaban J connectivity index is 1.37. The second-order valence-electron chi connectivity index (χ2n) is 8.62. The SMILES string of the molecule is Cc1nn(-c2ccccc2)c(C)c1N1CCN(C(=O)Cc2ccc(SC(C)C)cc2)CC1. The van der Waals surface area contributed by atoms with E-state index in [1.54, 1.807) is 0 Å². The van der Waals surface area contributed by atoms with Gasteiger partial charge in [0.15, 0.2) is 0 Å². The molecule has 3 aromatic rings. The summed E-state index contributed by atoms with van der Waals surface area (Å²) < 4.78 is 2.02. The third-order valence-electron chi connectivity index (χ3n) is 5.85. The molecule has 2 aromatic carbocycles. The molecular formula is C26H32N4OS. The molecule has 1 saturated heterocycles. The number of piperazine rings is 1. The molecule has 1 amide bonds. The van der Waals surface area contributed by atoms with Crippen molar-refractivity contribution < 1.29 is 4.79 Å². The first-order valence-electron chi connectivity index (χ1n) is 11.3. The highest BCUT2D eigenvalue weighted by atomic mass is 32.2. The fourth-order valence-corrected chi connectivity index (χ4v) is 5.17. The summed E-state index contributed by atoms with van der Waals surface area (Å²) in [6, 6.07) is 18.7. The quantitative estimate of drug-likeness (QED) is 0.504. The van der Waals surface area contributed by atoms with E-state index in [-0.39, 0.29) is 5.91 Å². The zero-order chi connectivity index (χ0) is 22.7. The lowest BCUT2D eigenvalue weighted by atomic mass is 10.1. The van der Waals surface area contributed by atoms with Gasteiger partial charge in [0.1, 0.15) is 0 Å². The van der Waals surface area contributed by atoms with Crippen LogP contribution in [-0.4, -0.2) is 52.0 Å². The molecule has 1 aliphatic heterocycles. The molecule has 0 unspecified atom stereocenters. The predicted molar refractivity (Wildman–Crippen MR) is 133 cm³/mol. The number of benzene rings is 2. The number of hydrogen-bond acceptors (Lipinski definition) is 4. The average molecular weight is 449 g/mol. The zero-order valence-corrected chi connectivity index (χ0v) is 20.2. The Bertz CT molecular complexity index is 1050. The molecule has 168 valence electrons. The Morgan fingerprint density at radius 3 is 2.25 bits per heavy atom. The van der Waals surface area contributed by atoms with Crippen molar-refractivity contribution in [1.82, 2.24) is 14.7 Å². The molecule has 1 fully saturated rings. The number of thioether (sulfide) groups is 1. The highest BCUT2D eigenvalue weighted by molar-refractivity contribution is 7.99. The summed E-state index contributed by atoms with van der Waals surface area (Å²) >= 11 is 1.85. The second-order valence-corrected chi connectivity index (χ2v) is 10.3. The smallest absolute Gasteiger partial charge is 0.227 e. The second kappa shape index (κ2) is 9.82. The van der Waals surface area contributed by atoms with Gasteiger partial charge < -0.3 is 9.80 Å². The summed E-state index contributed by atoms with van der Waals surface area (Å²) in [6.07, 6.45) is 0.469. The predicted octanol–water partition coefficient (Wildman–Crippen LogP) is 4.88. The molecule has 5 nitrogen and oxygen atoms in total. The Morgan fingerprint density at radius 1 is 0.969 bits per heavy atom. The number of carbonyl (C=O) groups excluding carboxylic acids is 1. The molecule has 0 radical (unpaired) electrons. The van der Waals surface area contributed by atoms with Crippen molar-refractivity contribution in [2.45, 2.75) is 44.3 Å². The maximum atomic E-state index is 12.9. The van der Waals surface area contributed by atoms with E-state index in [0.717, 1.165) is 48.8 Å². The maximum absolute atomic E-state index is 12.9. The third-order valence-corrected chi connectivity index (χ3v) is 6.87. The standard InChI is InChI=1S/C26H32N4OS/c1-19(2)32-24-12-10-22(11-13-24)18-25(31)28-14-16-29(17-15-28)26-20(3)27-30(21(26)4)23-8-6-5-7-9-23/h5-13,19H,14-18H2,1-4H3. The van der Waals surface area contributed by atoms with Crippen molar-refractivity contribution in [2.75, 3.05) is 31.1 Å². The molecule has 0 N–H and O–H groups in total. The molecule has 0 spiro atoms. The van der Waals surface area contributed by atoms with Crippen LogP contribution in [0.3, 0.4) is 0 Å². The molecule has 1 aromatic heterocycles. The molecule has 0 aliphatic carbocycles. The van der Waals surface area contributed by atoms with Crippen LogP contribution < -0.4 is 4.90 Å². The van der Waals surface area contributed by atoms with Crippen LogP contribution >= 0.6 is 11.8 Å². The van der Waals surface area contributed by atoms with Crippen molar-refractivity contribution in [2.24, 2.45) is 0 Å². The highest BCUT2D eigenvalue weighted by Crippen LogP contribution is 2.28. The molecule has 0 atom stereocenters. The van der Waals surface area contributed by atoms with E-state index in [1.807, 2.05) is 39.5 Å². The van der Waals surface area contributed by atoms with Gasteiger partial charge in [-0.25, -0.2) is 4.68 Å². The number of aromatic nitrogens is 2. The summed E-state index contributed by atoms with van der Waals surface area (Å²) in [5.41, 5.74) is 5.53. The molecule has 2 heterocycles. The van der Waals surface area contributed by atoms with Gasteiger partial charge in [0, 0.05) is 36.3 Å². The van der Waals surface area contributed by atoms with E-state index < -0.39 is 0 Å². The van der Waals surface area contributed by atoms with Gasteiger partial charge in [0.2, 0.25) is 5.91 Å². The van der Waals surface area contributed by atoms with Crippen molar-refractivity contribution in [3.8, 4) is 5.69 Å². The molecule has 1 aliphatic rings. The first-order chi connectivity index (χ1) is 15.4. The van der Waals surface area contributed by atoms with Crippen LogP contribution in [0, 0.1) is 13.8 Å². The maximum Gasteiger partial charge on any atom is 0.227 e. The Kier molecular flexibility index (Phi) is 6.89. The van der Waals surface area contributed by atoms with E-state index >= 15 is 0 Å². The Labute approximate surface area is 195 Å². The molecular weight excluding hydrogens is 416 g/mol. The summed E-state index contributed by atoms with van der Waals surface area (Å²) in [5, 5.41) is 5.34. The fourth-order valence-electron chi connectivity index (χ4n) is 4.34. The number of anilines is 1. The molecule has 6 heteroatoms. The van der Waals surface area contributed by atoms with Gasteiger partial charge in [-0.3, -0.25) is 4.79 Å². The Morgan fingerprint density at radius 2 is 1.62 bits per heavy atom. The van der Waals surface area contributed by atoms with Gasteiger partial charge in [0.25, 0.3) is 0 Å². The van der Waals surface area contributed by atoms with Crippen LogP contribution in [0.1, 0.15) is 30.8 Å². The lowest BCUT2D eigenvalue weighted by Crippen LogP contribution is -2.49. The fraction of sp³-hybridized carbons (Fsp3) is 0.385. The highest BCUT2D eigenvalue weighted by Gasteiger charge is 2.25. The van der Waals surface area contributed by atoms with Crippen molar-refractivity contribution in [3.63, 3.8) is 0 Å². The minimum Gasteiger partial charge on any atom is -0.365 e. The molecule has 0 bridgehead atoms. The number of para-hydroxylation sites is 1. The van der Waals surface area contributed by atoms with Gasteiger partial charge >= 0.3 is 0 Å². The number of rotatable bonds is 6. The van der Waals surface area contributed by atoms with Crippen molar-refractivity contribution in [1.29, 1.82) is 0 Å². The van der Waals surface area contributed by atoms with Crippen LogP contribution in [0.25, 0.3) is 5.69 Å². The number of hydrogen-bond donors (Lipinski definition) is 0. The van der Waals surface area contributed by atoms with Gasteiger partial charge in [0.05, 0.1) is 29.2 Å². The van der Waals surface area contributed by atoms with Crippen LogP contribution in [0.4, 0.5) is 5.69 Å². The van der Waals surface area contributed by atoms with Crippen LogP contribution in [0.15, 0.2) is 59.5 Å². The minimum atomic E-state index is 0.210. The topological polar surface area (TPSA) is 41.4 Å². The summed E-state index contributed by atoms with van der Waals surface area (Å²) in [7, 11) is 0. The monoisotopic (exact) mass is 448 g/mol. The zero-order valence-electron chi connectivity index (χ0n) is 19.4. The average Bonchev–Trinajstić information content (AvgIpc) is 3.09. The van der Waals surface area contributed by atoms with Crippen molar-refractivity contribution >= 4 is 23.4 Å². The van der Waals surface area contributed by atoms with Crippen LogP contribution in [0.5, 0.6) is 0 Å². The van der Waals surface area contributed by atoms with E-state index in [4.69, 9.17) is 5.10 Å². The molecule has 32 heavy (non-hydrogen) atoms. The number of nitrogens with zero attached hydrogens (tertiary/aromatic N) is 4. The molecule has 0 saturated carbocycles. The largest absolute Gasteiger partial charge is 0.365 e. The van der Waals surface area contributed by atoms with E-state index in [1.165, 1.54) is 10.6 Å². The van der Waals surface area contributed by atoms with E-state index in [9.17, 15) is 4.79 Å². The van der Waals surface area contributed by atoms with Crippen molar-refractivity contribution in [3.05, 3.63) is 71.5 Å². The first-order valence-corrected chi connectivity index (χ1v) is 12.2. The summed E-state index contributed by atoms with van der Waals surface area (Å²) in [6.45, 7) is 11.7. The van der Waals surface area contributed by atoms with Crippen LogP contribution in [-0.2, 0) is 11.2 Å². The van der Waals surface area contributed by atoms with Gasteiger partial charge in [-0.15, -0.1) is 11.8 Å². The van der Waals surface area contributed by atoms with Gasteiger partial charge in [-0.2, -0.15) is 5.10 Å². The molecule has 4 rings (SSSR count). The van der Waals surface area contributed by atoms with Gasteiger partial charge in [-0.05, 0) is 43.7 Å². The van der Waals surface area contributed by atoms with E-state index in [0.29, 0.717) is 11.7 Å². The lowest BCUT2D eigenvalue weighted by Gasteiger charge is -2.36. The third kappa shape index (κ3) is 5.01. The number of carbonyl (C=O) groups is 1. The van der Waals surface area contributed by atoms with E-state index in [2.05, 4.69) is 69.0 Å². The normalized spacial score (nSPS) is 14.3. The number of amides is 1. The minimum absolute atomic E-state index is 0.210. The number of aryl methyl sites for hydroxylation is 1. The Hall–Kier alpha value is -2.73. The first kappa shape index (κ1) is 22.5. The lowest BCUT2D eigenvalue weighted by molar-refractivity contribution is -0.130.